The quantitative estimate of drug-likeness (QED) is 0.621. The second-order valence-corrected chi connectivity index (χ2v) is 5.87. The van der Waals surface area contributed by atoms with Gasteiger partial charge in [-0.1, -0.05) is 0 Å². The van der Waals surface area contributed by atoms with Gasteiger partial charge in [-0.2, -0.15) is 0 Å². The van der Waals surface area contributed by atoms with E-state index in [0.717, 1.165) is 6.04 Å². The van der Waals surface area contributed by atoms with Crippen LogP contribution >= 0.6 is 0 Å². The van der Waals surface area contributed by atoms with Crippen LogP contribution in [-0.2, 0) is 0 Å². The third-order valence-corrected chi connectivity index (χ3v) is 4.68. The minimum Gasteiger partial charge on any atom is -0.306 e. The second kappa shape index (κ2) is 3.44. The van der Waals surface area contributed by atoms with Crippen LogP contribution in [0, 0.1) is 0 Å². The fraction of sp³-hybridized carbons (Fsp3) is 1.00. The summed E-state index contributed by atoms with van der Waals surface area (Å²) in [6, 6.07) is 0.892. The van der Waals surface area contributed by atoms with Crippen molar-refractivity contribution in [3.63, 3.8) is 0 Å². The van der Waals surface area contributed by atoms with Crippen molar-refractivity contribution in [2.75, 3.05) is 46.8 Å². The molecule has 1 spiro atoms. The Kier molecular flexibility index (Phi) is 2.31. The number of hydrogen-bond acceptors (Lipinski definition) is 3. The standard InChI is InChI=1S/C12H23N3/c1-13-6-3-11(4-7-13)15-8-5-12(15)9-14(2)10-12/h11H,3-10H2,1-2H3. The van der Waals surface area contributed by atoms with Gasteiger partial charge in [0.1, 0.15) is 0 Å². The molecule has 3 rings (SSSR count). The Labute approximate surface area is 93.0 Å². The first kappa shape index (κ1) is 10.1. The third kappa shape index (κ3) is 1.52. The fourth-order valence-corrected chi connectivity index (χ4v) is 3.73. The number of hydrogen-bond donors (Lipinski definition) is 0. The van der Waals surface area contributed by atoms with E-state index in [-0.39, 0.29) is 0 Å². The molecule has 15 heavy (non-hydrogen) atoms. The van der Waals surface area contributed by atoms with E-state index >= 15 is 0 Å². The van der Waals surface area contributed by atoms with Crippen molar-refractivity contribution < 1.29 is 0 Å². The van der Waals surface area contributed by atoms with Crippen molar-refractivity contribution in [1.29, 1.82) is 0 Å². The number of likely N-dealkylation sites (N-methyl/N-ethyl adjacent to an activating group) is 1. The van der Waals surface area contributed by atoms with Crippen LogP contribution in [0.4, 0.5) is 0 Å². The number of nitrogens with zero attached hydrogens (tertiary/aromatic N) is 3. The molecule has 3 aliphatic rings. The van der Waals surface area contributed by atoms with Crippen LogP contribution in [0.2, 0.25) is 0 Å². The van der Waals surface area contributed by atoms with Crippen molar-refractivity contribution in [3.8, 4) is 0 Å². The molecule has 3 saturated heterocycles. The molecule has 3 heteroatoms. The van der Waals surface area contributed by atoms with Gasteiger partial charge in [0, 0.05) is 31.2 Å². The van der Waals surface area contributed by atoms with Crippen molar-refractivity contribution in [2.24, 2.45) is 0 Å². The Balaban J connectivity index is 1.59. The summed E-state index contributed by atoms with van der Waals surface area (Å²) in [5.74, 6) is 0. The van der Waals surface area contributed by atoms with Crippen molar-refractivity contribution >= 4 is 0 Å². The monoisotopic (exact) mass is 209 g/mol. The van der Waals surface area contributed by atoms with Crippen molar-refractivity contribution in [1.82, 2.24) is 14.7 Å². The van der Waals surface area contributed by atoms with E-state index in [1.807, 2.05) is 0 Å². The predicted octanol–water partition coefficient (Wildman–Crippen LogP) is 0.471. The van der Waals surface area contributed by atoms with Gasteiger partial charge in [0.25, 0.3) is 0 Å². The van der Waals surface area contributed by atoms with E-state index in [9.17, 15) is 0 Å². The summed E-state index contributed by atoms with van der Waals surface area (Å²) in [6.45, 7) is 6.60. The average Bonchev–Trinajstić information content (AvgIpc) is 2.14. The highest BCUT2D eigenvalue weighted by Gasteiger charge is 2.54. The lowest BCUT2D eigenvalue weighted by atomic mass is 9.75. The maximum Gasteiger partial charge on any atom is 0.0478 e. The highest BCUT2D eigenvalue weighted by Crippen LogP contribution is 2.41. The predicted molar refractivity (Wildman–Crippen MR) is 62.1 cm³/mol. The maximum absolute atomic E-state index is 2.82. The lowest BCUT2D eigenvalue weighted by Crippen LogP contribution is -2.78. The Morgan fingerprint density at radius 3 is 2.07 bits per heavy atom. The summed E-state index contributed by atoms with van der Waals surface area (Å²) in [7, 11) is 4.50. The summed E-state index contributed by atoms with van der Waals surface area (Å²) in [4.78, 5) is 7.75. The molecule has 3 heterocycles. The van der Waals surface area contributed by atoms with Gasteiger partial charge in [-0.15, -0.1) is 0 Å². The van der Waals surface area contributed by atoms with Gasteiger partial charge in [-0.05, 0) is 46.4 Å². The molecular formula is C12H23N3. The molecular weight excluding hydrogens is 186 g/mol. The normalized spacial score (nSPS) is 34.0. The zero-order chi connectivity index (χ0) is 10.5. The topological polar surface area (TPSA) is 9.72 Å². The summed E-state index contributed by atoms with van der Waals surface area (Å²) >= 11 is 0. The molecule has 0 aliphatic carbocycles. The SMILES string of the molecule is CN1CCC(N2CCC23CN(C)C3)CC1. The summed E-state index contributed by atoms with van der Waals surface area (Å²) < 4.78 is 0. The molecule has 3 fully saturated rings. The Hall–Kier alpha value is -0.120. The van der Waals surface area contributed by atoms with Crippen LogP contribution in [0.25, 0.3) is 0 Å². The zero-order valence-corrected chi connectivity index (χ0v) is 10.1. The van der Waals surface area contributed by atoms with Gasteiger partial charge in [0.15, 0.2) is 0 Å². The van der Waals surface area contributed by atoms with Crippen molar-refractivity contribution in [3.05, 3.63) is 0 Å². The zero-order valence-electron chi connectivity index (χ0n) is 10.1. The van der Waals surface area contributed by atoms with E-state index in [4.69, 9.17) is 0 Å². The third-order valence-electron chi connectivity index (χ3n) is 4.68. The maximum atomic E-state index is 2.82. The smallest absolute Gasteiger partial charge is 0.0478 e. The first-order valence-electron chi connectivity index (χ1n) is 6.33. The van der Waals surface area contributed by atoms with Crippen LogP contribution in [-0.4, -0.2) is 73.1 Å². The van der Waals surface area contributed by atoms with Gasteiger partial charge < -0.3 is 9.80 Å². The first-order chi connectivity index (χ1) is 7.20. The molecule has 0 amide bonds. The van der Waals surface area contributed by atoms with Crippen molar-refractivity contribution in [2.45, 2.75) is 30.8 Å². The molecule has 0 N–H and O–H groups in total. The lowest BCUT2D eigenvalue weighted by molar-refractivity contribution is -0.143. The van der Waals surface area contributed by atoms with Gasteiger partial charge >= 0.3 is 0 Å². The van der Waals surface area contributed by atoms with E-state index in [2.05, 4.69) is 28.8 Å². The summed E-state index contributed by atoms with van der Waals surface area (Å²) in [5.41, 5.74) is 0.620. The molecule has 0 saturated carbocycles. The van der Waals surface area contributed by atoms with Gasteiger partial charge in [0.2, 0.25) is 0 Å². The first-order valence-corrected chi connectivity index (χ1v) is 6.33. The van der Waals surface area contributed by atoms with E-state index in [1.54, 1.807) is 0 Å². The van der Waals surface area contributed by atoms with Crippen LogP contribution in [0.3, 0.4) is 0 Å². The van der Waals surface area contributed by atoms with Gasteiger partial charge in [-0.3, -0.25) is 4.90 Å². The molecule has 0 unspecified atom stereocenters. The summed E-state index contributed by atoms with van der Waals surface area (Å²) in [6.07, 6.45) is 4.23. The molecule has 3 aliphatic heterocycles. The van der Waals surface area contributed by atoms with Gasteiger partial charge in [0.05, 0.1) is 0 Å². The second-order valence-electron chi connectivity index (χ2n) is 5.87. The van der Waals surface area contributed by atoms with Crippen LogP contribution in [0.5, 0.6) is 0 Å². The number of likely N-dealkylation sites (tertiary alicyclic amines) is 3. The largest absolute Gasteiger partial charge is 0.306 e. The van der Waals surface area contributed by atoms with E-state index in [1.165, 1.54) is 52.0 Å². The Bertz CT molecular complexity index is 239. The van der Waals surface area contributed by atoms with Crippen LogP contribution < -0.4 is 0 Å². The highest BCUT2D eigenvalue weighted by molar-refractivity contribution is 5.11. The Morgan fingerprint density at radius 1 is 0.933 bits per heavy atom. The number of rotatable bonds is 1. The fourth-order valence-electron chi connectivity index (χ4n) is 3.73. The summed E-state index contributed by atoms with van der Waals surface area (Å²) in [5, 5.41) is 0. The molecule has 0 aromatic heterocycles. The molecule has 0 bridgehead atoms. The molecule has 86 valence electrons. The molecule has 0 aromatic carbocycles. The highest BCUT2D eigenvalue weighted by atomic mass is 15.4. The molecule has 3 nitrogen and oxygen atoms in total. The average molecular weight is 209 g/mol. The lowest BCUT2D eigenvalue weighted by Gasteiger charge is -2.65. The van der Waals surface area contributed by atoms with E-state index < -0.39 is 0 Å². The van der Waals surface area contributed by atoms with E-state index in [0.29, 0.717) is 5.54 Å². The minimum absolute atomic E-state index is 0.620. The Morgan fingerprint density at radius 2 is 1.60 bits per heavy atom. The molecule has 0 atom stereocenters. The minimum atomic E-state index is 0.620. The van der Waals surface area contributed by atoms with Crippen LogP contribution in [0.15, 0.2) is 0 Å². The van der Waals surface area contributed by atoms with Crippen LogP contribution in [0.1, 0.15) is 19.3 Å². The number of piperidine rings is 1. The van der Waals surface area contributed by atoms with Gasteiger partial charge in [-0.25, -0.2) is 0 Å². The molecule has 0 radical (unpaired) electrons. The molecule has 0 aromatic rings.